The number of nitriles is 2. The smallest absolute Gasteiger partial charge is 0.133 e. The van der Waals surface area contributed by atoms with Gasteiger partial charge in [-0.05, 0) is 19.4 Å². The molecule has 0 saturated heterocycles. The number of hydrogen-bond donors (Lipinski definition) is 0. The summed E-state index contributed by atoms with van der Waals surface area (Å²) >= 11 is 0. The van der Waals surface area contributed by atoms with Crippen molar-refractivity contribution in [1.29, 1.82) is 10.5 Å². The Labute approximate surface area is 65.6 Å². The Morgan fingerprint density at radius 1 is 1.27 bits per heavy atom. The summed E-state index contributed by atoms with van der Waals surface area (Å²) in [5.41, 5.74) is 0.586. The third-order valence-electron chi connectivity index (χ3n) is 1.16. The molecule has 0 unspecified atom stereocenters. The van der Waals surface area contributed by atoms with E-state index in [1.165, 1.54) is 6.92 Å². The Morgan fingerprint density at radius 2 is 1.73 bits per heavy atom. The van der Waals surface area contributed by atoms with E-state index in [1.807, 2.05) is 0 Å². The zero-order chi connectivity index (χ0) is 8.85. The normalized spacial score (nSPS) is 7.64. The number of hydrogen-bond acceptors (Lipinski definition) is 3. The topological polar surface area (TPSA) is 64.7 Å². The molecule has 0 aromatic rings. The summed E-state index contributed by atoms with van der Waals surface area (Å²) in [6.45, 7) is 3.04. The van der Waals surface area contributed by atoms with E-state index in [4.69, 9.17) is 10.5 Å². The van der Waals surface area contributed by atoms with Crippen molar-refractivity contribution >= 4 is 5.78 Å². The van der Waals surface area contributed by atoms with Gasteiger partial charge in [-0.3, -0.25) is 4.79 Å². The van der Waals surface area contributed by atoms with Crippen LogP contribution in [0.15, 0.2) is 11.1 Å². The maximum atomic E-state index is 10.5. The van der Waals surface area contributed by atoms with Crippen molar-refractivity contribution in [3.63, 3.8) is 0 Å². The second kappa shape index (κ2) is 4.24. The average molecular weight is 148 g/mol. The Kier molecular flexibility index (Phi) is 3.62. The van der Waals surface area contributed by atoms with Crippen molar-refractivity contribution in [3.05, 3.63) is 11.1 Å². The lowest BCUT2D eigenvalue weighted by Gasteiger charge is -1.93. The number of carbonyl (C=O) groups excluding carboxylic acids is 1. The Hall–Kier alpha value is -1.61. The molecule has 56 valence electrons. The zero-order valence-electron chi connectivity index (χ0n) is 6.51. The second-order valence-corrected chi connectivity index (χ2v) is 2.26. The molecule has 0 heterocycles. The highest BCUT2D eigenvalue weighted by molar-refractivity contribution is 5.78. The van der Waals surface area contributed by atoms with Gasteiger partial charge in [0.05, 0.1) is 0 Å². The zero-order valence-corrected chi connectivity index (χ0v) is 6.51. The van der Waals surface area contributed by atoms with Crippen LogP contribution in [0.5, 0.6) is 0 Å². The van der Waals surface area contributed by atoms with Crippen molar-refractivity contribution in [2.24, 2.45) is 0 Å². The lowest BCUT2D eigenvalue weighted by molar-refractivity contribution is -0.116. The van der Waals surface area contributed by atoms with Crippen LogP contribution in [0.1, 0.15) is 20.3 Å². The molecular weight excluding hydrogens is 140 g/mol. The van der Waals surface area contributed by atoms with E-state index >= 15 is 0 Å². The van der Waals surface area contributed by atoms with Crippen LogP contribution >= 0.6 is 0 Å². The van der Waals surface area contributed by atoms with Crippen LogP contribution in [0.25, 0.3) is 0 Å². The van der Waals surface area contributed by atoms with Crippen LogP contribution in [-0.2, 0) is 4.79 Å². The Bertz CT molecular complexity index is 259. The van der Waals surface area contributed by atoms with Crippen molar-refractivity contribution in [3.8, 4) is 12.1 Å². The molecule has 0 amide bonds. The van der Waals surface area contributed by atoms with Crippen molar-refractivity contribution in [1.82, 2.24) is 0 Å². The minimum Gasteiger partial charge on any atom is -0.300 e. The van der Waals surface area contributed by atoms with E-state index in [9.17, 15) is 4.79 Å². The molecule has 0 aliphatic heterocycles. The minimum atomic E-state index is -0.0366. The van der Waals surface area contributed by atoms with E-state index in [2.05, 4.69) is 0 Å². The van der Waals surface area contributed by atoms with Gasteiger partial charge in [0.2, 0.25) is 0 Å². The first-order valence-electron chi connectivity index (χ1n) is 3.11. The van der Waals surface area contributed by atoms with E-state index in [0.29, 0.717) is 5.57 Å². The molecule has 0 bridgehead atoms. The molecule has 0 rings (SSSR count). The van der Waals surface area contributed by atoms with Gasteiger partial charge in [-0.1, -0.05) is 0 Å². The van der Waals surface area contributed by atoms with Gasteiger partial charge >= 0.3 is 0 Å². The summed E-state index contributed by atoms with van der Waals surface area (Å²) in [4.78, 5) is 10.5. The van der Waals surface area contributed by atoms with Crippen molar-refractivity contribution in [2.75, 3.05) is 0 Å². The fourth-order valence-electron chi connectivity index (χ4n) is 0.678. The van der Waals surface area contributed by atoms with E-state index in [-0.39, 0.29) is 17.8 Å². The van der Waals surface area contributed by atoms with Gasteiger partial charge in [-0.15, -0.1) is 0 Å². The van der Waals surface area contributed by atoms with Crippen molar-refractivity contribution in [2.45, 2.75) is 20.3 Å². The predicted octanol–water partition coefficient (Wildman–Crippen LogP) is 1.33. The van der Waals surface area contributed by atoms with E-state index < -0.39 is 0 Å². The first-order chi connectivity index (χ1) is 5.11. The van der Waals surface area contributed by atoms with Crippen LogP contribution in [0.4, 0.5) is 0 Å². The Balaban J connectivity index is 4.56. The summed E-state index contributed by atoms with van der Waals surface area (Å²) in [5.74, 6) is -0.0366. The number of rotatable bonds is 2. The molecule has 0 aromatic heterocycles. The van der Waals surface area contributed by atoms with Crippen LogP contribution in [0.3, 0.4) is 0 Å². The first-order valence-corrected chi connectivity index (χ1v) is 3.11. The van der Waals surface area contributed by atoms with Gasteiger partial charge in [0, 0.05) is 6.42 Å². The summed E-state index contributed by atoms with van der Waals surface area (Å²) in [7, 11) is 0. The minimum absolute atomic E-state index is 0.0366. The summed E-state index contributed by atoms with van der Waals surface area (Å²) in [6.07, 6.45) is 0.191. The van der Waals surface area contributed by atoms with Gasteiger partial charge in [0.1, 0.15) is 23.5 Å². The van der Waals surface area contributed by atoms with Crippen LogP contribution in [-0.4, -0.2) is 5.78 Å². The van der Waals surface area contributed by atoms with E-state index in [0.717, 1.165) is 0 Å². The summed E-state index contributed by atoms with van der Waals surface area (Å²) in [5, 5.41) is 16.7. The van der Waals surface area contributed by atoms with Gasteiger partial charge < -0.3 is 0 Å². The molecule has 0 atom stereocenters. The van der Waals surface area contributed by atoms with Crippen LogP contribution in [0, 0.1) is 22.7 Å². The maximum Gasteiger partial charge on any atom is 0.133 e. The fourth-order valence-corrected chi connectivity index (χ4v) is 0.678. The molecule has 3 heteroatoms. The van der Waals surface area contributed by atoms with Gasteiger partial charge in [-0.25, -0.2) is 0 Å². The molecule has 0 N–H and O–H groups in total. The summed E-state index contributed by atoms with van der Waals surface area (Å²) < 4.78 is 0. The SMILES string of the molecule is CC(=O)CC(C)=C(C#N)C#N. The molecular formula is C8H8N2O. The molecule has 0 fully saturated rings. The largest absolute Gasteiger partial charge is 0.300 e. The number of carbonyl (C=O) groups is 1. The number of nitrogens with zero attached hydrogens (tertiary/aromatic N) is 2. The standard InChI is InChI=1S/C8H8N2O/c1-6(3-7(2)11)8(4-9)5-10/h3H2,1-2H3. The van der Waals surface area contributed by atoms with Crippen LogP contribution in [0.2, 0.25) is 0 Å². The molecule has 0 radical (unpaired) electrons. The number of ketones is 1. The molecule has 11 heavy (non-hydrogen) atoms. The third-order valence-corrected chi connectivity index (χ3v) is 1.16. The molecule has 0 aromatic carbocycles. The van der Waals surface area contributed by atoms with Crippen molar-refractivity contribution < 1.29 is 4.79 Å². The monoisotopic (exact) mass is 148 g/mol. The third kappa shape index (κ3) is 3.17. The number of allylic oxidation sites excluding steroid dienone is 2. The van der Waals surface area contributed by atoms with E-state index in [1.54, 1.807) is 19.1 Å². The highest BCUT2D eigenvalue weighted by Gasteiger charge is 2.02. The predicted molar refractivity (Wildman–Crippen MR) is 39.2 cm³/mol. The van der Waals surface area contributed by atoms with Crippen LogP contribution < -0.4 is 0 Å². The maximum absolute atomic E-state index is 10.5. The highest BCUT2D eigenvalue weighted by Crippen LogP contribution is 2.06. The molecule has 0 saturated carbocycles. The fraction of sp³-hybridized carbons (Fsp3) is 0.375. The molecule has 0 aliphatic rings. The summed E-state index contributed by atoms with van der Waals surface area (Å²) in [6, 6.07) is 3.45. The second-order valence-electron chi connectivity index (χ2n) is 2.26. The number of Topliss-reactive ketones (excluding diaryl/α,β-unsaturated/α-hetero) is 1. The lowest BCUT2D eigenvalue weighted by atomic mass is 10.1. The molecule has 3 nitrogen and oxygen atoms in total. The average Bonchev–Trinajstić information content (AvgIpc) is 1.88. The molecule has 0 spiro atoms. The highest BCUT2D eigenvalue weighted by atomic mass is 16.1. The lowest BCUT2D eigenvalue weighted by Crippen LogP contribution is -1.92. The van der Waals surface area contributed by atoms with Gasteiger partial charge in [0.25, 0.3) is 0 Å². The first kappa shape index (κ1) is 9.39. The van der Waals surface area contributed by atoms with Gasteiger partial charge in [0.15, 0.2) is 0 Å². The van der Waals surface area contributed by atoms with Gasteiger partial charge in [-0.2, -0.15) is 10.5 Å². The Morgan fingerprint density at radius 3 is 2.00 bits per heavy atom. The molecule has 0 aliphatic carbocycles. The quantitative estimate of drug-likeness (QED) is 0.555.